The Hall–Kier alpha value is -0.0700. The lowest BCUT2D eigenvalue weighted by Gasteiger charge is -2.28. The number of hydrogen-bond acceptors (Lipinski definition) is 5. The van der Waals surface area contributed by atoms with Crippen LogP contribution in [0, 0.1) is 0 Å². The van der Waals surface area contributed by atoms with E-state index < -0.39 is 25.5 Å². The number of rotatable bonds is 24. The van der Waals surface area contributed by atoms with Crippen LogP contribution in [-0.2, 0) is 18.6 Å². The van der Waals surface area contributed by atoms with Crippen LogP contribution in [0.4, 0.5) is 0 Å². The molecule has 4 atom stereocenters. The SMILES string of the molecule is CCCCCCCCCCCSC(CCCCCC)C(C)OC(C(=O)O)P(=O)(O)OCCC. The summed E-state index contributed by atoms with van der Waals surface area (Å²) in [5.41, 5.74) is 0. The van der Waals surface area contributed by atoms with E-state index >= 15 is 0 Å². The maximum atomic E-state index is 12.4. The fraction of sp³-hybridized carbons (Fsp3) is 0.960. The van der Waals surface area contributed by atoms with Crippen LogP contribution in [-0.4, -0.2) is 45.5 Å². The Morgan fingerprint density at radius 2 is 1.36 bits per heavy atom. The number of ether oxygens (including phenoxy) is 1. The quantitative estimate of drug-likeness (QED) is 0.100. The molecule has 0 aromatic rings. The molecule has 0 saturated carbocycles. The first kappa shape index (κ1) is 32.9. The summed E-state index contributed by atoms with van der Waals surface area (Å²) in [4.78, 5) is 21.8. The molecule has 0 bridgehead atoms. The molecule has 0 aliphatic carbocycles. The van der Waals surface area contributed by atoms with E-state index in [1.165, 1.54) is 57.8 Å². The zero-order chi connectivity index (χ0) is 25.0. The smallest absolute Gasteiger partial charge is 0.368 e. The Kier molecular flexibility index (Phi) is 21.2. The van der Waals surface area contributed by atoms with Crippen molar-refractivity contribution in [2.24, 2.45) is 0 Å². The number of carboxylic acids is 1. The highest BCUT2D eigenvalue weighted by molar-refractivity contribution is 7.99. The maximum absolute atomic E-state index is 12.4. The van der Waals surface area contributed by atoms with Gasteiger partial charge in [-0.3, -0.25) is 4.57 Å². The summed E-state index contributed by atoms with van der Waals surface area (Å²) in [5, 5.41) is 9.61. The van der Waals surface area contributed by atoms with E-state index in [1.807, 2.05) is 18.7 Å². The molecular formula is C25H51O6PS. The highest BCUT2D eigenvalue weighted by atomic mass is 32.2. The normalized spacial score (nSPS) is 16.3. The Morgan fingerprint density at radius 1 is 0.848 bits per heavy atom. The topological polar surface area (TPSA) is 93.1 Å². The molecule has 0 fully saturated rings. The van der Waals surface area contributed by atoms with Crippen LogP contribution >= 0.6 is 19.4 Å². The lowest BCUT2D eigenvalue weighted by atomic mass is 10.1. The van der Waals surface area contributed by atoms with Crippen molar-refractivity contribution in [3.63, 3.8) is 0 Å². The fourth-order valence-corrected chi connectivity index (χ4v) is 6.28. The van der Waals surface area contributed by atoms with E-state index in [9.17, 15) is 19.4 Å². The van der Waals surface area contributed by atoms with Gasteiger partial charge in [0.15, 0.2) is 0 Å². The molecule has 198 valence electrons. The van der Waals surface area contributed by atoms with Gasteiger partial charge in [-0.25, -0.2) is 4.79 Å². The monoisotopic (exact) mass is 510 g/mol. The molecular weight excluding hydrogens is 459 g/mol. The third-order valence-electron chi connectivity index (χ3n) is 5.78. The fourth-order valence-electron chi connectivity index (χ4n) is 3.73. The molecule has 0 radical (unpaired) electrons. The number of thioether (sulfide) groups is 1. The van der Waals surface area contributed by atoms with Crippen molar-refractivity contribution in [2.45, 2.75) is 141 Å². The first-order chi connectivity index (χ1) is 15.8. The van der Waals surface area contributed by atoms with Crippen LogP contribution in [0.3, 0.4) is 0 Å². The van der Waals surface area contributed by atoms with Crippen molar-refractivity contribution in [1.29, 1.82) is 0 Å². The second-order valence-electron chi connectivity index (χ2n) is 9.02. The van der Waals surface area contributed by atoms with Gasteiger partial charge >= 0.3 is 13.6 Å². The number of hydrogen-bond donors (Lipinski definition) is 2. The Balaban J connectivity index is 4.63. The first-order valence-electron chi connectivity index (χ1n) is 13.3. The third kappa shape index (κ3) is 17.1. The molecule has 0 aromatic carbocycles. The van der Waals surface area contributed by atoms with Crippen molar-refractivity contribution < 1.29 is 28.6 Å². The highest BCUT2D eigenvalue weighted by Crippen LogP contribution is 2.49. The first-order valence-corrected chi connectivity index (χ1v) is 16.0. The van der Waals surface area contributed by atoms with Gasteiger partial charge in [-0.2, -0.15) is 11.8 Å². The Labute approximate surface area is 207 Å². The van der Waals surface area contributed by atoms with Crippen LogP contribution in [0.5, 0.6) is 0 Å². The van der Waals surface area contributed by atoms with Crippen molar-refractivity contribution in [3.8, 4) is 0 Å². The molecule has 4 unspecified atom stereocenters. The highest BCUT2D eigenvalue weighted by Gasteiger charge is 2.42. The average Bonchev–Trinajstić information content (AvgIpc) is 2.78. The number of aliphatic carboxylic acids is 1. The van der Waals surface area contributed by atoms with Crippen LogP contribution in [0.1, 0.15) is 124 Å². The minimum Gasteiger partial charge on any atom is -0.479 e. The van der Waals surface area contributed by atoms with Crippen molar-refractivity contribution >= 4 is 25.3 Å². The summed E-state index contributed by atoms with van der Waals surface area (Å²) in [6.45, 7) is 8.07. The second kappa shape index (κ2) is 21.2. The summed E-state index contributed by atoms with van der Waals surface area (Å²) >= 11 is 1.81. The lowest BCUT2D eigenvalue weighted by molar-refractivity contribution is -0.148. The molecule has 0 amide bonds. The van der Waals surface area contributed by atoms with E-state index in [1.54, 1.807) is 6.92 Å². The van der Waals surface area contributed by atoms with Crippen molar-refractivity contribution in [1.82, 2.24) is 0 Å². The van der Waals surface area contributed by atoms with Crippen LogP contribution < -0.4 is 0 Å². The molecule has 0 aliphatic heterocycles. The molecule has 6 nitrogen and oxygen atoms in total. The maximum Gasteiger partial charge on any atom is 0.368 e. The third-order valence-corrected chi connectivity index (χ3v) is 8.84. The zero-order valence-corrected chi connectivity index (χ0v) is 23.3. The summed E-state index contributed by atoms with van der Waals surface area (Å²) in [7, 11) is -4.39. The van der Waals surface area contributed by atoms with E-state index in [0.717, 1.165) is 37.9 Å². The molecule has 0 saturated heterocycles. The standard InChI is InChI=1S/C25H51O6PS/c1-5-8-10-12-13-14-15-16-18-21-33-23(19-17-11-9-6-2)22(4)31-25(24(26)27)32(28,29)30-20-7-3/h22-23,25H,5-21H2,1-4H3,(H,26,27)(H,28,29). The minimum atomic E-state index is -4.39. The predicted octanol–water partition coefficient (Wildman–Crippen LogP) is 8.02. The molecule has 0 spiro atoms. The molecule has 8 heteroatoms. The lowest BCUT2D eigenvalue weighted by Crippen LogP contribution is -2.34. The summed E-state index contributed by atoms with van der Waals surface area (Å²) in [6, 6.07) is 0. The van der Waals surface area contributed by atoms with Gasteiger partial charge in [-0.1, -0.05) is 97.8 Å². The molecule has 33 heavy (non-hydrogen) atoms. The minimum absolute atomic E-state index is 0.0309. The molecule has 2 N–H and O–H groups in total. The van der Waals surface area contributed by atoms with Gasteiger partial charge < -0.3 is 19.3 Å². The van der Waals surface area contributed by atoms with E-state index in [4.69, 9.17) is 9.26 Å². The zero-order valence-electron chi connectivity index (χ0n) is 21.6. The van der Waals surface area contributed by atoms with Gasteiger partial charge in [-0.15, -0.1) is 0 Å². The molecule has 0 heterocycles. The van der Waals surface area contributed by atoms with E-state index in [0.29, 0.717) is 6.42 Å². The van der Waals surface area contributed by atoms with Crippen LogP contribution in [0.15, 0.2) is 0 Å². The van der Waals surface area contributed by atoms with E-state index in [-0.39, 0.29) is 11.9 Å². The summed E-state index contributed by atoms with van der Waals surface area (Å²) in [6.07, 6.45) is 17.1. The van der Waals surface area contributed by atoms with Gasteiger partial charge in [0, 0.05) is 5.25 Å². The summed E-state index contributed by atoms with van der Waals surface area (Å²) in [5.74, 6) is -2.29. The van der Waals surface area contributed by atoms with Crippen LogP contribution in [0.25, 0.3) is 0 Å². The number of carboxylic acid groups (broad SMARTS) is 1. The second-order valence-corrected chi connectivity index (χ2v) is 12.2. The molecule has 0 aliphatic rings. The number of unbranched alkanes of at least 4 members (excludes halogenated alkanes) is 11. The molecule has 0 aromatic heterocycles. The Morgan fingerprint density at radius 3 is 1.88 bits per heavy atom. The van der Waals surface area contributed by atoms with Crippen LogP contribution in [0.2, 0.25) is 0 Å². The van der Waals surface area contributed by atoms with Gasteiger partial charge in [-0.05, 0) is 31.9 Å². The van der Waals surface area contributed by atoms with Gasteiger partial charge in [0.05, 0.1) is 12.7 Å². The molecule has 0 rings (SSSR count). The average molecular weight is 511 g/mol. The van der Waals surface area contributed by atoms with Gasteiger partial charge in [0.25, 0.3) is 5.85 Å². The largest absolute Gasteiger partial charge is 0.479 e. The van der Waals surface area contributed by atoms with E-state index in [2.05, 4.69) is 13.8 Å². The Bertz CT molecular complexity index is 519. The van der Waals surface area contributed by atoms with Gasteiger partial charge in [0.2, 0.25) is 0 Å². The predicted molar refractivity (Wildman–Crippen MR) is 140 cm³/mol. The van der Waals surface area contributed by atoms with Gasteiger partial charge in [0.1, 0.15) is 0 Å². The van der Waals surface area contributed by atoms with Crippen molar-refractivity contribution in [2.75, 3.05) is 12.4 Å². The number of carbonyl (C=O) groups is 1. The van der Waals surface area contributed by atoms with Crippen molar-refractivity contribution in [3.05, 3.63) is 0 Å². The summed E-state index contributed by atoms with van der Waals surface area (Å²) < 4.78 is 23.1.